The van der Waals surface area contributed by atoms with Gasteiger partial charge in [-0.25, -0.2) is 4.79 Å². The molecule has 2 amide bonds. The third kappa shape index (κ3) is 3.42. The average Bonchev–Trinajstić information content (AvgIpc) is 2.37. The van der Waals surface area contributed by atoms with Crippen LogP contribution in [0.25, 0.3) is 0 Å². The van der Waals surface area contributed by atoms with Crippen molar-refractivity contribution in [1.29, 1.82) is 0 Å². The van der Waals surface area contributed by atoms with Crippen molar-refractivity contribution in [3.05, 3.63) is 48.0 Å². The zero-order valence-corrected chi connectivity index (χ0v) is 11.2. The quantitative estimate of drug-likeness (QED) is 0.499. The van der Waals surface area contributed by atoms with Gasteiger partial charge in [-0.15, -0.1) is 12.6 Å². The van der Waals surface area contributed by atoms with Gasteiger partial charge < -0.3 is 15.7 Å². The SMILES string of the molecule is Cc1ccc(O)c(NC(=O)Nc2ccccc2S)c1. The molecule has 0 fully saturated rings. The van der Waals surface area contributed by atoms with Crippen molar-refractivity contribution < 1.29 is 9.90 Å². The lowest BCUT2D eigenvalue weighted by molar-refractivity contribution is 0.262. The van der Waals surface area contributed by atoms with Gasteiger partial charge in [0.05, 0.1) is 11.4 Å². The van der Waals surface area contributed by atoms with E-state index in [4.69, 9.17) is 0 Å². The molecule has 98 valence electrons. The normalized spacial score (nSPS) is 10.0. The summed E-state index contributed by atoms with van der Waals surface area (Å²) < 4.78 is 0. The molecule has 0 saturated carbocycles. The first-order valence-corrected chi connectivity index (χ1v) is 6.16. The zero-order valence-electron chi connectivity index (χ0n) is 10.3. The lowest BCUT2D eigenvalue weighted by Crippen LogP contribution is -2.19. The number of hydrogen-bond donors (Lipinski definition) is 4. The van der Waals surface area contributed by atoms with E-state index in [1.807, 2.05) is 13.0 Å². The first-order chi connectivity index (χ1) is 9.06. The Morgan fingerprint density at radius 1 is 1.11 bits per heavy atom. The van der Waals surface area contributed by atoms with Crippen LogP contribution in [0.5, 0.6) is 5.75 Å². The molecule has 19 heavy (non-hydrogen) atoms. The van der Waals surface area contributed by atoms with Gasteiger partial charge in [-0.3, -0.25) is 0 Å². The summed E-state index contributed by atoms with van der Waals surface area (Å²) in [6, 6.07) is 11.7. The Kier molecular flexibility index (Phi) is 3.97. The molecule has 5 heteroatoms. The van der Waals surface area contributed by atoms with E-state index in [1.54, 1.807) is 30.3 Å². The van der Waals surface area contributed by atoms with Crippen molar-refractivity contribution in [2.45, 2.75) is 11.8 Å². The summed E-state index contributed by atoms with van der Waals surface area (Å²) in [7, 11) is 0. The number of nitrogens with one attached hydrogen (secondary N) is 2. The maximum absolute atomic E-state index is 11.8. The van der Waals surface area contributed by atoms with Gasteiger partial charge in [0.2, 0.25) is 0 Å². The predicted octanol–water partition coefficient (Wildman–Crippen LogP) is 3.63. The minimum atomic E-state index is -0.428. The van der Waals surface area contributed by atoms with Crippen molar-refractivity contribution >= 4 is 30.0 Å². The van der Waals surface area contributed by atoms with Gasteiger partial charge in [0, 0.05) is 4.90 Å². The van der Waals surface area contributed by atoms with Crippen LogP contribution in [-0.2, 0) is 0 Å². The highest BCUT2D eigenvalue weighted by atomic mass is 32.1. The molecule has 0 bridgehead atoms. The number of amides is 2. The van der Waals surface area contributed by atoms with Gasteiger partial charge in [-0.1, -0.05) is 18.2 Å². The van der Waals surface area contributed by atoms with E-state index >= 15 is 0 Å². The fourth-order valence-corrected chi connectivity index (χ4v) is 1.82. The number of para-hydroxylation sites is 1. The molecule has 0 unspecified atom stereocenters. The van der Waals surface area contributed by atoms with Crippen LogP contribution in [0.3, 0.4) is 0 Å². The van der Waals surface area contributed by atoms with Crippen LogP contribution in [0.4, 0.5) is 16.2 Å². The predicted molar refractivity (Wildman–Crippen MR) is 79.2 cm³/mol. The molecule has 0 aromatic heterocycles. The lowest BCUT2D eigenvalue weighted by Gasteiger charge is -2.10. The summed E-state index contributed by atoms with van der Waals surface area (Å²) in [6.07, 6.45) is 0. The molecular weight excluding hydrogens is 260 g/mol. The Hall–Kier alpha value is -2.14. The number of carbonyl (C=O) groups excluding carboxylic acids is 1. The highest BCUT2D eigenvalue weighted by Gasteiger charge is 2.07. The van der Waals surface area contributed by atoms with Crippen LogP contribution in [-0.4, -0.2) is 11.1 Å². The van der Waals surface area contributed by atoms with Crippen molar-refractivity contribution in [2.75, 3.05) is 10.6 Å². The van der Waals surface area contributed by atoms with E-state index < -0.39 is 6.03 Å². The first kappa shape index (κ1) is 13.3. The number of phenols is 1. The Morgan fingerprint density at radius 2 is 1.79 bits per heavy atom. The summed E-state index contributed by atoms with van der Waals surface area (Å²) >= 11 is 4.24. The minimum absolute atomic E-state index is 0.0277. The molecule has 0 aliphatic heterocycles. The molecule has 3 N–H and O–H groups in total. The third-order valence-corrected chi connectivity index (χ3v) is 2.94. The first-order valence-electron chi connectivity index (χ1n) is 5.72. The summed E-state index contributed by atoms with van der Waals surface area (Å²) in [5.41, 5.74) is 1.92. The van der Waals surface area contributed by atoms with E-state index in [1.165, 1.54) is 6.07 Å². The van der Waals surface area contributed by atoms with Crippen LogP contribution in [0.15, 0.2) is 47.4 Å². The van der Waals surface area contributed by atoms with E-state index in [0.717, 1.165) is 5.56 Å². The number of aryl methyl sites for hydroxylation is 1. The molecule has 2 aromatic carbocycles. The van der Waals surface area contributed by atoms with E-state index in [0.29, 0.717) is 16.3 Å². The zero-order chi connectivity index (χ0) is 13.8. The van der Waals surface area contributed by atoms with Crippen molar-refractivity contribution in [3.8, 4) is 5.75 Å². The fraction of sp³-hybridized carbons (Fsp3) is 0.0714. The highest BCUT2D eigenvalue weighted by molar-refractivity contribution is 7.80. The van der Waals surface area contributed by atoms with Crippen LogP contribution < -0.4 is 10.6 Å². The van der Waals surface area contributed by atoms with Gasteiger partial charge in [0.15, 0.2) is 0 Å². The van der Waals surface area contributed by atoms with E-state index in [9.17, 15) is 9.90 Å². The third-order valence-electron chi connectivity index (χ3n) is 2.55. The molecule has 2 rings (SSSR count). The largest absolute Gasteiger partial charge is 0.506 e. The van der Waals surface area contributed by atoms with Crippen LogP contribution >= 0.6 is 12.6 Å². The number of aromatic hydroxyl groups is 1. The highest BCUT2D eigenvalue weighted by Crippen LogP contribution is 2.24. The van der Waals surface area contributed by atoms with E-state index in [-0.39, 0.29) is 5.75 Å². The standard InChI is InChI=1S/C14H14N2O2S/c1-9-6-7-12(17)11(8-9)16-14(18)15-10-4-2-3-5-13(10)19/h2-8,17,19H,1H3,(H2,15,16,18). The topological polar surface area (TPSA) is 61.4 Å². The number of benzene rings is 2. The van der Waals surface area contributed by atoms with Gasteiger partial charge in [0.1, 0.15) is 5.75 Å². The second-order valence-corrected chi connectivity index (χ2v) is 4.60. The molecule has 0 radical (unpaired) electrons. The fourth-order valence-electron chi connectivity index (χ4n) is 1.61. The van der Waals surface area contributed by atoms with Crippen molar-refractivity contribution in [1.82, 2.24) is 0 Å². The van der Waals surface area contributed by atoms with Crippen LogP contribution in [0, 0.1) is 6.92 Å². The van der Waals surface area contributed by atoms with Crippen LogP contribution in [0.1, 0.15) is 5.56 Å². The molecule has 2 aromatic rings. The molecule has 0 spiro atoms. The van der Waals surface area contributed by atoms with Gasteiger partial charge >= 0.3 is 6.03 Å². The minimum Gasteiger partial charge on any atom is -0.506 e. The number of urea groups is 1. The number of rotatable bonds is 2. The second-order valence-electron chi connectivity index (χ2n) is 4.12. The molecular formula is C14H14N2O2S. The summed E-state index contributed by atoms with van der Waals surface area (Å²) in [5.74, 6) is 0.0277. The smallest absolute Gasteiger partial charge is 0.323 e. The van der Waals surface area contributed by atoms with E-state index in [2.05, 4.69) is 23.3 Å². The van der Waals surface area contributed by atoms with Gasteiger partial charge in [-0.05, 0) is 36.8 Å². The van der Waals surface area contributed by atoms with Gasteiger partial charge in [-0.2, -0.15) is 0 Å². The summed E-state index contributed by atoms with van der Waals surface area (Å²) in [4.78, 5) is 12.5. The molecule has 4 nitrogen and oxygen atoms in total. The summed E-state index contributed by atoms with van der Waals surface area (Å²) in [5, 5.41) is 14.9. The molecule has 0 aliphatic carbocycles. The van der Waals surface area contributed by atoms with Crippen LogP contribution in [0.2, 0.25) is 0 Å². The number of carbonyl (C=O) groups is 1. The summed E-state index contributed by atoms with van der Waals surface area (Å²) in [6.45, 7) is 1.88. The van der Waals surface area contributed by atoms with Crippen molar-refractivity contribution in [2.24, 2.45) is 0 Å². The monoisotopic (exact) mass is 274 g/mol. The average molecular weight is 274 g/mol. The molecule has 0 aliphatic rings. The number of anilines is 2. The second kappa shape index (κ2) is 5.67. The molecule has 0 atom stereocenters. The lowest BCUT2D eigenvalue weighted by atomic mass is 10.2. The molecule has 0 heterocycles. The Bertz CT molecular complexity index is 614. The number of phenolic OH excluding ortho intramolecular Hbond substituents is 1. The number of thiol groups is 1. The Balaban J connectivity index is 2.10. The Labute approximate surface area is 116 Å². The molecule has 0 saturated heterocycles. The Morgan fingerprint density at radius 3 is 2.53 bits per heavy atom. The maximum atomic E-state index is 11.8. The number of hydrogen-bond acceptors (Lipinski definition) is 3. The van der Waals surface area contributed by atoms with Crippen molar-refractivity contribution in [3.63, 3.8) is 0 Å². The maximum Gasteiger partial charge on any atom is 0.323 e. The van der Waals surface area contributed by atoms with Gasteiger partial charge in [0.25, 0.3) is 0 Å².